The van der Waals surface area contributed by atoms with Gasteiger partial charge in [0.05, 0.1) is 12.9 Å². The number of hydrogen-bond donors (Lipinski definition) is 0. The van der Waals surface area contributed by atoms with Crippen molar-refractivity contribution in [3.63, 3.8) is 0 Å². The molecule has 78 valence electrons. The molecule has 0 atom stereocenters. The van der Waals surface area contributed by atoms with E-state index in [4.69, 9.17) is 8.92 Å². The SMILES string of the molecule is CC1(COS(C)(=O)=O)CCOCC1. The van der Waals surface area contributed by atoms with E-state index in [1.807, 2.05) is 6.92 Å². The minimum atomic E-state index is -3.30. The first-order valence-corrected chi connectivity index (χ1v) is 6.15. The lowest BCUT2D eigenvalue weighted by Crippen LogP contribution is -2.31. The molecular formula is C8H16O4S. The van der Waals surface area contributed by atoms with Crippen LogP contribution in [-0.2, 0) is 19.0 Å². The van der Waals surface area contributed by atoms with Gasteiger partial charge in [0.25, 0.3) is 10.1 Å². The van der Waals surface area contributed by atoms with Gasteiger partial charge in [-0.05, 0) is 18.3 Å². The van der Waals surface area contributed by atoms with Crippen LogP contribution in [-0.4, -0.2) is 34.5 Å². The molecule has 1 saturated heterocycles. The topological polar surface area (TPSA) is 52.6 Å². The molecule has 0 aromatic heterocycles. The van der Waals surface area contributed by atoms with E-state index in [0.29, 0.717) is 13.2 Å². The standard InChI is InChI=1S/C8H16O4S/c1-8(3-5-11-6-4-8)7-12-13(2,9)10/h3-7H2,1-2H3. The second-order valence-corrected chi connectivity index (χ2v) is 5.53. The third-order valence-corrected chi connectivity index (χ3v) is 2.87. The Bertz CT molecular complexity index is 251. The van der Waals surface area contributed by atoms with E-state index in [-0.39, 0.29) is 12.0 Å². The normalized spacial score (nSPS) is 22.9. The van der Waals surface area contributed by atoms with Crippen molar-refractivity contribution in [2.24, 2.45) is 5.41 Å². The van der Waals surface area contributed by atoms with E-state index >= 15 is 0 Å². The minimum Gasteiger partial charge on any atom is -0.381 e. The smallest absolute Gasteiger partial charge is 0.264 e. The summed E-state index contributed by atoms with van der Waals surface area (Å²) in [5.74, 6) is 0. The molecule has 0 saturated carbocycles. The predicted octanol–water partition coefficient (Wildman–Crippen LogP) is 0.779. The quantitative estimate of drug-likeness (QED) is 0.643. The van der Waals surface area contributed by atoms with Gasteiger partial charge in [-0.3, -0.25) is 4.18 Å². The second-order valence-electron chi connectivity index (χ2n) is 3.89. The zero-order valence-electron chi connectivity index (χ0n) is 8.08. The first kappa shape index (κ1) is 10.9. The zero-order valence-corrected chi connectivity index (χ0v) is 8.89. The first-order chi connectivity index (χ1) is 5.91. The molecular weight excluding hydrogens is 192 g/mol. The molecule has 1 fully saturated rings. The van der Waals surface area contributed by atoms with Gasteiger partial charge in [0.1, 0.15) is 0 Å². The van der Waals surface area contributed by atoms with Crippen LogP contribution in [0.3, 0.4) is 0 Å². The lowest BCUT2D eigenvalue weighted by molar-refractivity contribution is 0.00169. The molecule has 1 aliphatic heterocycles. The lowest BCUT2D eigenvalue weighted by Gasteiger charge is -2.32. The molecule has 5 heteroatoms. The van der Waals surface area contributed by atoms with Gasteiger partial charge in [-0.15, -0.1) is 0 Å². The molecule has 0 N–H and O–H groups in total. The molecule has 0 unspecified atom stereocenters. The molecule has 0 spiro atoms. The van der Waals surface area contributed by atoms with Crippen LogP contribution in [0.2, 0.25) is 0 Å². The predicted molar refractivity (Wildman–Crippen MR) is 49.0 cm³/mol. The van der Waals surface area contributed by atoms with Gasteiger partial charge in [0.2, 0.25) is 0 Å². The van der Waals surface area contributed by atoms with E-state index in [1.54, 1.807) is 0 Å². The van der Waals surface area contributed by atoms with Gasteiger partial charge in [-0.2, -0.15) is 8.42 Å². The Morgan fingerprint density at radius 2 is 1.92 bits per heavy atom. The first-order valence-electron chi connectivity index (χ1n) is 4.33. The number of hydrogen-bond acceptors (Lipinski definition) is 4. The summed E-state index contributed by atoms with van der Waals surface area (Å²) in [7, 11) is -3.30. The molecule has 0 bridgehead atoms. The van der Waals surface area contributed by atoms with E-state index in [9.17, 15) is 8.42 Å². The Morgan fingerprint density at radius 1 is 1.38 bits per heavy atom. The zero-order chi connectivity index (χ0) is 9.95. The molecule has 0 amide bonds. The molecule has 1 heterocycles. The fraction of sp³-hybridized carbons (Fsp3) is 1.00. The Hall–Kier alpha value is -0.130. The van der Waals surface area contributed by atoms with Crippen molar-refractivity contribution < 1.29 is 17.3 Å². The van der Waals surface area contributed by atoms with Gasteiger partial charge in [0, 0.05) is 13.2 Å². The molecule has 1 rings (SSSR count). The van der Waals surface area contributed by atoms with Crippen molar-refractivity contribution in [2.45, 2.75) is 19.8 Å². The van der Waals surface area contributed by atoms with Crippen LogP contribution in [0.25, 0.3) is 0 Å². The van der Waals surface area contributed by atoms with Crippen molar-refractivity contribution in [3.05, 3.63) is 0 Å². The summed E-state index contributed by atoms with van der Waals surface area (Å²) in [6.45, 7) is 3.70. The Labute approximate surface area is 79.3 Å². The highest BCUT2D eigenvalue weighted by Gasteiger charge is 2.28. The second kappa shape index (κ2) is 3.94. The van der Waals surface area contributed by atoms with E-state index in [2.05, 4.69) is 0 Å². The van der Waals surface area contributed by atoms with Crippen LogP contribution in [0, 0.1) is 5.41 Å². The number of rotatable bonds is 3. The number of ether oxygens (including phenoxy) is 1. The van der Waals surface area contributed by atoms with Crippen LogP contribution in [0.5, 0.6) is 0 Å². The Kier molecular flexibility index (Phi) is 3.32. The highest BCUT2D eigenvalue weighted by Crippen LogP contribution is 2.30. The largest absolute Gasteiger partial charge is 0.381 e. The van der Waals surface area contributed by atoms with Gasteiger partial charge in [-0.25, -0.2) is 0 Å². The summed E-state index contributed by atoms with van der Waals surface area (Å²) < 4.78 is 31.5. The van der Waals surface area contributed by atoms with Gasteiger partial charge < -0.3 is 4.74 Å². The summed E-state index contributed by atoms with van der Waals surface area (Å²) in [5.41, 5.74) is -0.0403. The van der Waals surface area contributed by atoms with Crippen molar-refractivity contribution in [3.8, 4) is 0 Å². The molecule has 0 aliphatic carbocycles. The molecule has 13 heavy (non-hydrogen) atoms. The van der Waals surface area contributed by atoms with Crippen molar-refractivity contribution >= 4 is 10.1 Å². The fourth-order valence-corrected chi connectivity index (χ4v) is 1.76. The summed E-state index contributed by atoms with van der Waals surface area (Å²) in [6.07, 6.45) is 2.81. The van der Waals surface area contributed by atoms with Crippen molar-refractivity contribution in [2.75, 3.05) is 26.1 Å². The molecule has 4 nitrogen and oxygen atoms in total. The highest BCUT2D eigenvalue weighted by molar-refractivity contribution is 7.85. The summed E-state index contributed by atoms with van der Waals surface area (Å²) in [5, 5.41) is 0. The fourth-order valence-electron chi connectivity index (χ4n) is 1.26. The van der Waals surface area contributed by atoms with E-state index in [1.165, 1.54) is 0 Å². The molecule has 0 aromatic carbocycles. The van der Waals surface area contributed by atoms with Gasteiger partial charge in [-0.1, -0.05) is 6.92 Å². The maximum Gasteiger partial charge on any atom is 0.264 e. The minimum absolute atomic E-state index is 0.0403. The van der Waals surface area contributed by atoms with Crippen LogP contribution < -0.4 is 0 Å². The maximum atomic E-state index is 10.8. The van der Waals surface area contributed by atoms with Crippen molar-refractivity contribution in [1.82, 2.24) is 0 Å². The summed E-state index contributed by atoms with van der Waals surface area (Å²) in [6, 6.07) is 0. The summed E-state index contributed by atoms with van der Waals surface area (Å²) in [4.78, 5) is 0. The Morgan fingerprint density at radius 3 is 2.38 bits per heavy atom. The third kappa shape index (κ3) is 4.06. The average Bonchev–Trinajstić information content (AvgIpc) is 2.02. The monoisotopic (exact) mass is 208 g/mol. The molecule has 1 aliphatic rings. The van der Waals surface area contributed by atoms with Crippen LogP contribution in [0.15, 0.2) is 0 Å². The molecule has 0 radical (unpaired) electrons. The van der Waals surface area contributed by atoms with Crippen LogP contribution in [0.1, 0.15) is 19.8 Å². The van der Waals surface area contributed by atoms with Crippen LogP contribution in [0.4, 0.5) is 0 Å². The average molecular weight is 208 g/mol. The van der Waals surface area contributed by atoms with Crippen LogP contribution >= 0.6 is 0 Å². The maximum absolute atomic E-state index is 10.8. The summed E-state index contributed by atoms with van der Waals surface area (Å²) >= 11 is 0. The third-order valence-electron chi connectivity index (χ3n) is 2.32. The van der Waals surface area contributed by atoms with E-state index < -0.39 is 10.1 Å². The van der Waals surface area contributed by atoms with Gasteiger partial charge in [0.15, 0.2) is 0 Å². The van der Waals surface area contributed by atoms with Gasteiger partial charge >= 0.3 is 0 Å². The molecule has 0 aromatic rings. The van der Waals surface area contributed by atoms with E-state index in [0.717, 1.165) is 19.1 Å². The highest BCUT2D eigenvalue weighted by atomic mass is 32.2. The Balaban J connectivity index is 2.42. The van der Waals surface area contributed by atoms with Crippen molar-refractivity contribution in [1.29, 1.82) is 0 Å². The lowest BCUT2D eigenvalue weighted by atomic mass is 9.84.